The highest BCUT2D eigenvalue weighted by atomic mass is 16.6. The molecule has 1 saturated heterocycles. The van der Waals surface area contributed by atoms with E-state index in [9.17, 15) is 19.7 Å². The van der Waals surface area contributed by atoms with Gasteiger partial charge in [0.05, 0.1) is 16.6 Å². The molecule has 0 spiro atoms. The number of aromatic nitrogens is 1. The Labute approximate surface area is 165 Å². The Morgan fingerprint density at radius 1 is 1.07 bits per heavy atom. The molecule has 0 radical (unpaired) electrons. The molecule has 9 heteroatoms. The molecule has 0 unspecified atom stereocenters. The molecule has 1 aliphatic rings. The van der Waals surface area contributed by atoms with Crippen molar-refractivity contribution in [2.45, 2.75) is 6.92 Å². The van der Waals surface area contributed by atoms with Crippen LogP contribution < -0.4 is 0 Å². The van der Waals surface area contributed by atoms with Gasteiger partial charge in [0.25, 0.3) is 17.5 Å². The normalized spacial score (nSPS) is 14.2. The zero-order valence-corrected chi connectivity index (χ0v) is 15.7. The summed E-state index contributed by atoms with van der Waals surface area (Å²) in [4.78, 5) is 43.9. The van der Waals surface area contributed by atoms with Crippen LogP contribution in [-0.4, -0.2) is 57.7 Å². The number of fused-ring (bicyclic) bond motifs is 1. The molecule has 148 valence electrons. The summed E-state index contributed by atoms with van der Waals surface area (Å²) in [5.41, 5.74) is 0.767. The summed E-state index contributed by atoms with van der Waals surface area (Å²) >= 11 is 0. The fourth-order valence-corrected chi connectivity index (χ4v) is 3.59. The van der Waals surface area contributed by atoms with Crippen LogP contribution in [0.3, 0.4) is 0 Å². The first-order valence-electron chi connectivity index (χ1n) is 9.12. The van der Waals surface area contributed by atoms with Gasteiger partial charge in [0.2, 0.25) is 0 Å². The van der Waals surface area contributed by atoms with Crippen LogP contribution in [0.15, 0.2) is 47.2 Å². The van der Waals surface area contributed by atoms with Gasteiger partial charge in [0, 0.05) is 43.8 Å². The van der Waals surface area contributed by atoms with E-state index in [-0.39, 0.29) is 29.0 Å². The highest BCUT2D eigenvalue weighted by Gasteiger charge is 2.29. The van der Waals surface area contributed by atoms with E-state index in [1.807, 2.05) is 0 Å². The first-order chi connectivity index (χ1) is 14.0. The van der Waals surface area contributed by atoms with E-state index in [0.717, 1.165) is 0 Å². The second kappa shape index (κ2) is 7.34. The quantitative estimate of drug-likeness (QED) is 0.499. The SMILES string of the molecule is Cc1cnc(C(=O)N2CCN(C(=O)c3ccco3)CC2)c2cccc([N+](=O)[O-])c12. The minimum absolute atomic E-state index is 0.0506. The molecule has 3 aromatic rings. The summed E-state index contributed by atoms with van der Waals surface area (Å²) in [6, 6.07) is 7.91. The standard InChI is InChI=1S/C20H18N4O5/c1-13-12-21-18(14-4-2-5-15(17(13)14)24(27)28)20(26)23-9-7-22(8-10-23)19(25)16-6-3-11-29-16/h2-6,11-12H,7-10H2,1H3. The minimum Gasteiger partial charge on any atom is -0.459 e. The van der Waals surface area contributed by atoms with Crippen molar-refractivity contribution in [1.82, 2.24) is 14.8 Å². The Morgan fingerprint density at radius 2 is 1.76 bits per heavy atom. The van der Waals surface area contributed by atoms with Crippen molar-refractivity contribution < 1.29 is 18.9 Å². The number of hydrogen-bond acceptors (Lipinski definition) is 6. The fraction of sp³-hybridized carbons (Fsp3) is 0.250. The lowest BCUT2D eigenvalue weighted by molar-refractivity contribution is -0.383. The van der Waals surface area contributed by atoms with Crippen LogP contribution in [0.1, 0.15) is 26.6 Å². The zero-order valence-electron chi connectivity index (χ0n) is 15.7. The topological polar surface area (TPSA) is 110 Å². The Kier molecular flexibility index (Phi) is 4.71. The van der Waals surface area contributed by atoms with Gasteiger partial charge in [-0.05, 0) is 24.6 Å². The number of nitrogens with zero attached hydrogens (tertiary/aromatic N) is 4. The van der Waals surface area contributed by atoms with Gasteiger partial charge in [-0.2, -0.15) is 0 Å². The molecule has 1 aromatic carbocycles. The number of furan rings is 1. The number of amides is 2. The molecule has 2 amide bonds. The Bertz CT molecular complexity index is 1100. The zero-order chi connectivity index (χ0) is 20.5. The molecule has 3 heterocycles. The maximum absolute atomic E-state index is 13.1. The number of aryl methyl sites for hydroxylation is 1. The van der Waals surface area contributed by atoms with Gasteiger partial charge in [0.15, 0.2) is 5.76 Å². The van der Waals surface area contributed by atoms with E-state index in [1.165, 1.54) is 18.5 Å². The lowest BCUT2D eigenvalue weighted by Gasteiger charge is -2.34. The molecule has 29 heavy (non-hydrogen) atoms. The third-order valence-electron chi connectivity index (χ3n) is 5.06. The number of piperazine rings is 1. The Morgan fingerprint density at radius 3 is 2.38 bits per heavy atom. The summed E-state index contributed by atoms with van der Waals surface area (Å²) in [5, 5.41) is 12.3. The van der Waals surface area contributed by atoms with Crippen LogP contribution in [0.4, 0.5) is 5.69 Å². The minimum atomic E-state index is -0.456. The first kappa shape index (κ1) is 18.6. The second-order valence-corrected chi connectivity index (χ2v) is 6.81. The molecule has 9 nitrogen and oxygen atoms in total. The predicted octanol–water partition coefficient (Wildman–Crippen LogP) is 2.64. The average Bonchev–Trinajstić information content (AvgIpc) is 3.27. The lowest BCUT2D eigenvalue weighted by atomic mass is 10.0. The highest BCUT2D eigenvalue weighted by molar-refractivity contribution is 6.08. The van der Waals surface area contributed by atoms with Gasteiger partial charge < -0.3 is 14.2 Å². The Hall–Kier alpha value is -3.75. The van der Waals surface area contributed by atoms with Crippen LogP contribution in [0.5, 0.6) is 0 Å². The van der Waals surface area contributed by atoms with Gasteiger partial charge in [-0.25, -0.2) is 0 Å². The van der Waals surface area contributed by atoms with Gasteiger partial charge in [-0.1, -0.05) is 12.1 Å². The van der Waals surface area contributed by atoms with E-state index in [4.69, 9.17) is 4.42 Å². The van der Waals surface area contributed by atoms with Crippen molar-refractivity contribution in [3.05, 3.63) is 69.9 Å². The molecular formula is C20H18N4O5. The molecule has 0 atom stereocenters. The molecule has 0 N–H and O–H groups in total. The first-order valence-corrected chi connectivity index (χ1v) is 9.12. The number of benzene rings is 1. The number of nitro groups is 1. The monoisotopic (exact) mass is 394 g/mol. The van der Waals surface area contributed by atoms with Crippen molar-refractivity contribution >= 4 is 28.3 Å². The summed E-state index contributed by atoms with van der Waals surface area (Å²) in [5.74, 6) is -0.250. The van der Waals surface area contributed by atoms with Crippen molar-refractivity contribution in [3.63, 3.8) is 0 Å². The fourth-order valence-electron chi connectivity index (χ4n) is 3.59. The van der Waals surface area contributed by atoms with Gasteiger partial charge in [0.1, 0.15) is 5.69 Å². The van der Waals surface area contributed by atoms with Gasteiger partial charge in [-0.3, -0.25) is 24.7 Å². The van der Waals surface area contributed by atoms with E-state index in [0.29, 0.717) is 42.5 Å². The highest BCUT2D eigenvalue weighted by Crippen LogP contribution is 2.30. The van der Waals surface area contributed by atoms with E-state index in [1.54, 1.807) is 41.0 Å². The maximum atomic E-state index is 13.1. The maximum Gasteiger partial charge on any atom is 0.289 e. The van der Waals surface area contributed by atoms with Gasteiger partial charge in [-0.15, -0.1) is 0 Å². The van der Waals surface area contributed by atoms with Crippen molar-refractivity contribution in [2.75, 3.05) is 26.2 Å². The largest absolute Gasteiger partial charge is 0.459 e. The predicted molar refractivity (Wildman–Crippen MR) is 104 cm³/mol. The second-order valence-electron chi connectivity index (χ2n) is 6.81. The summed E-state index contributed by atoms with van der Waals surface area (Å²) in [6.07, 6.45) is 2.93. The number of nitro benzene ring substituents is 1. The van der Waals surface area contributed by atoms with E-state index in [2.05, 4.69) is 4.98 Å². The summed E-state index contributed by atoms with van der Waals surface area (Å²) < 4.78 is 5.15. The number of pyridine rings is 1. The van der Waals surface area contributed by atoms with Crippen LogP contribution in [-0.2, 0) is 0 Å². The van der Waals surface area contributed by atoms with Gasteiger partial charge >= 0.3 is 0 Å². The molecule has 0 aliphatic carbocycles. The van der Waals surface area contributed by atoms with Crippen LogP contribution in [0, 0.1) is 17.0 Å². The van der Waals surface area contributed by atoms with Crippen LogP contribution >= 0.6 is 0 Å². The van der Waals surface area contributed by atoms with E-state index >= 15 is 0 Å². The molecule has 1 aliphatic heterocycles. The molecular weight excluding hydrogens is 376 g/mol. The van der Waals surface area contributed by atoms with E-state index < -0.39 is 4.92 Å². The Balaban J connectivity index is 1.57. The number of non-ortho nitro benzene ring substituents is 1. The van der Waals surface area contributed by atoms with Crippen LogP contribution in [0.25, 0.3) is 10.8 Å². The molecule has 1 fully saturated rings. The molecule has 0 bridgehead atoms. The summed E-state index contributed by atoms with van der Waals surface area (Å²) in [7, 11) is 0. The van der Waals surface area contributed by atoms with Crippen LogP contribution in [0.2, 0.25) is 0 Å². The third-order valence-corrected chi connectivity index (χ3v) is 5.06. The number of carbonyl (C=O) groups excluding carboxylic acids is 2. The molecule has 4 rings (SSSR count). The van der Waals surface area contributed by atoms with Crippen molar-refractivity contribution in [3.8, 4) is 0 Å². The number of hydrogen-bond donors (Lipinski definition) is 0. The number of carbonyl (C=O) groups is 2. The van der Waals surface area contributed by atoms with Crippen molar-refractivity contribution in [1.29, 1.82) is 0 Å². The summed E-state index contributed by atoms with van der Waals surface area (Å²) in [6.45, 7) is 3.16. The van der Waals surface area contributed by atoms with Crippen molar-refractivity contribution in [2.24, 2.45) is 0 Å². The third kappa shape index (κ3) is 3.31. The number of rotatable bonds is 3. The molecule has 2 aromatic heterocycles. The average molecular weight is 394 g/mol. The molecule has 0 saturated carbocycles. The smallest absolute Gasteiger partial charge is 0.289 e. The lowest BCUT2D eigenvalue weighted by Crippen LogP contribution is -2.50.